The summed E-state index contributed by atoms with van der Waals surface area (Å²) in [6, 6.07) is 6.87. The molecule has 1 saturated heterocycles. The molecule has 1 aliphatic heterocycles. The summed E-state index contributed by atoms with van der Waals surface area (Å²) in [7, 11) is 1.57. The standard InChI is InChI=1S/C22H27N3O3S/c1-13-14(2)29-22(23-13)24-20(26)18-12-15-8-4-6-10-17(15)25(18)21(27)16-9-5-7-11-19(16)28-3/h5,7,9,11,15,17-18H,4,6,8,10,12H2,1-3H3,(H,23,24,26)/t15-,17-,18+/m1/s1. The second-order valence-electron chi connectivity index (χ2n) is 7.93. The predicted octanol–water partition coefficient (Wildman–Crippen LogP) is 4.18. The maximum absolute atomic E-state index is 13.6. The maximum atomic E-state index is 13.6. The summed E-state index contributed by atoms with van der Waals surface area (Å²) in [5.74, 6) is 0.653. The Bertz CT molecular complexity index is 906. The Hall–Kier alpha value is -2.41. The highest BCUT2D eigenvalue weighted by molar-refractivity contribution is 7.15. The highest BCUT2D eigenvalue weighted by Gasteiger charge is 2.48. The lowest BCUT2D eigenvalue weighted by Gasteiger charge is -2.33. The van der Waals surface area contributed by atoms with Gasteiger partial charge in [-0.3, -0.25) is 9.59 Å². The topological polar surface area (TPSA) is 71.5 Å². The van der Waals surface area contributed by atoms with E-state index >= 15 is 0 Å². The lowest BCUT2D eigenvalue weighted by atomic mass is 9.84. The van der Waals surface area contributed by atoms with Gasteiger partial charge in [0.05, 0.1) is 18.4 Å². The first kappa shape index (κ1) is 19.9. The van der Waals surface area contributed by atoms with E-state index in [9.17, 15) is 9.59 Å². The number of amides is 2. The van der Waals surface area contributed by atoms with E-state index in [0.29, 0.717) is 28.8 Å². The number of methoxy groups -OCH3 is 1. The Balaban J connectivity index is 1.63. The van der Waals surface area contributed by atoms with Gasteiger partial charge in [0.2, 0.25) is 5.91 Å². The SMILES string of the molecule is COc1ccccc1C(=O)N1[C@@H]2CCCC[C@@H]2C[C@H]1C(=O)Nc1nc(C)c(C)s1. The molecule has 0 radical (unpaired) electrons. The van der Waals surface area contributed by atoms with Crippen LogP contribution in [-0.4, -0.2) is 40.9 Å². The number of aryl methyl sites for hydroxylation is 2. The van der Waals surface area contributed by atoms with Gasteiger partial charge in [-0.25, -0.2) is 4.98 Å². The van der Waals surface area contributed by atoms with E-state index in [1.165, 1.54) is 11.3 Å². The number of benzene rings is 1. The number of aromatic nitrogens is 1. The molecule has 2 amide bonds. The Morgan fingerprint density at radius 3 is 2.69 bits per heavy atom. The average molecular weight is 414 g/mol. The van der Waals surface area contributed by atoms with Crippen LogP contribution in [0.4, 0.5) is 5.13 Å². The van der Waals surface area contributed by atoms with Crippen molar-refractivity contribution in [2.45, 2.75) is 58.0 Å². The Morgan fingerprint density at radius 2 is 1.97 bits per heavy atom. The predicted molar refractivity (Wildman–Crippen MR) is 114 cm³/mol. The number of rotatable bonds is 4. The van der Waals surface area contributed by atoms with Crippen LogP contribution in [0, 0.1) is 19.8 Å². The number of hydrogen-bond acceptors (Lipinski definition) is 5. The normalized spacial score (nSPS) is 23.6. The van der Waals surface area contributed by atoms with Gasteiger partial charge in [0.15, 0.2) is 5.13 Å². The Kier molecular flexibility index (Phi) is 5.58. The van der Waals surface area contributed by atoms with E-state index in [1.807, 2.05) is 30.9 Å². The molecule has 7 heteroatoms. The van der Waals surface area contributed by atoms with Crippen LogP contribution in [-0.2, 0) is 4.79 Å². The third-order valence-electron chi connectivity index (χ3n) is 6.22. The molecule has 2 aliphatic rings. The first-order valence-electron chi connectivity index (χ1n) is 10.2. The molecule has 1 aromatic heterocycles. The number of carbonyl (C=O) groups excluding carboxylic acids is 2. The highest BCUT2D eigenvalue weighted by Crippen LogP contribution is 2.41. The van der Waals surface area contributed by atoms with Crippen molar-refractivity contribution < 1.29 is 14.3 Å². The fourth-order valence-electron chi connectivity index (χ4n) is 4.66. The molecule has 2 aromatic rings. The molecule has 29 heavy (non-hydrogen) atoms. The quantitative estimate of drug-likeness (QED) is 0.816. The van der Waals surface area contributed by atoms with Gasteiger partial charge in [-0.1, -0.05) is 25.0 Å². The van der Waals surface area contributed by atoms with Crippen molar-refractivity contribution in [3.63, 3.8) is 0 Å². The van der Waals surface area contributed by atoms with E-state index < -0.39 is 6.04 Å². The van der Waals surface area contributed by atoms with Gasteiger partial charge in [0.1, 0.15) is 11.8 Å². The largest absolute Gasteiger partial charge is 0.496 e. The van der Waals surface area contributed by atoms with Gasteiger partial charge in [-0.2, -0.15) is 0 Å². The van der Waals surface area contributed by atoms with E-state index in [1.54, 1.807) is 19.2 Å². The number of para-hydroxylation sites is 1. The third-order valence-corrected chi connectivity index (χ3v) is 7.21. The molecule has 0 unspecified atom stereocenters. The van der Waals surface area contributed by atoms with Crippen LogP contribution in [0.25, 0.3) is 0 Å². The minimum Gasteiger partial charge on any atom is -0.496 e. The molecule has 1 N–H and O–H groups in total. The minimum absolute atomic E-state index is 0.108. The van der Waals surface area contributed by atoms with E-state index in [0.717, 1.165) is 36.3 Å². The number of likely N-dealkylation sites (tertiary alicyclic amines) is 1. The fourth-order valence-corrected chi connectivity index (χ4v) is 5.48. The molecule has 0 bridgehead atoms. The average Bonchev–Trinajstić information content (AvgIpc) is 3.27. The zero-order chi connectivity index (χ0) is 20.5. The van der Waals surface area contributed by atoms with Crippen LogP contribution >= 0.6 is 11.3 Å². The van der Waals surface area contributed by atoms with Crippen molar-refractivity contribution in [1.29, 1.82) is 0 Å². The van der Waals surface area contributed by atoms with Crippen molar-refractivity contribution in [3.8, 4) is 5.75 Å². The molecule has 2 heterocycles. The molecule has 0 spiro atoms. The van der Waals surface area contributed by atoms with Crippen molar-refractivity contribution in [2.75, 3.05) is 12.4 Å². The number of anilines is 1. The first-order chi connectivity index (χ1) is 14.0. The fraction of sp³-hybridized carbons (Fsp3) is 0.500. The van der Waals surface area contributed by atoms with Crippen LogP contribution in [0.2, 0.25) is 0 Å². The number of carbonyl (C=O) groups is 2. The third kappa shape index (κ3) is 3.75. The molecule has 3 atom stereocenters. The number of ether oxygens (including phenoxy) is 1. The lowest BCUT2D eigenvalue weighted by Crippen LogP contribution is -2.47. The van der Waals surface area contributed by atoms with Gasteiger partial charge in [0.25, 0.3) is 5.91 Å². The first-order valence-corrected chi connectivity index (χ1v) is 11.0. The summed E-state index contributed by atoms with van der Waals surface area (Å²) < 4.78 is 5.41. The van der Waals surface area contributed by atoms with E-state index in [4.69, 9.17) is 4.74 Å². The summed E-state index contributed by atoms with van der Waals surface area (Å²) in [6.07, 6.45) is 4.98. The summed E-state index contributed by atoms with van der Waals surface area (Å²) in [5, 5.41) is 3.56. The number of thiazole rings is 1. The van der Waals surface area contributed by atoms with E-state index in [-0.39, 0.29) is 17.9 Å². The Labute approximate surface area is 175 Å². The van der Waals surface area contributed by atoms with Gasteiger partial charge in [-0.05, 0) is 51.2 Å². The molecule has 4 rings (SSSR count). The van der Waals surface area contributed by atoms with Crippen LogP contribution in [0.3, 0.4) is 0 Å². The van der Waals surface area contributed by atoms with Crippen LogP contribution < -0.4 is 10.1 Å². The summed E-state index contributed by atoms with van der Waals surface area (Å²) >= 11 is 1.47. The van der Waals surface area contributed by atoms with Crippen molar-refractivity contribution in [2.24, 2.45) is 5.92 Å². The summed E-state index contributed by atoms with van der Waals surface area (Å²) in [5.41, 5.74) is 1.44. The van der Waals surface area contributed by atoms with Gasteiger partial charge in [0, 0.05) is 10.9 Å². The van der Waals surface area contributed by atoms with Crippen LogP contribution in [0.5, 0.6) is 5.75 Å². The second-order valence-corrected chi connectivity index (χ2v) is 9.13. The van der Waals surface area contributed by atoms with Crippen LogP contribution in [0.15, 0.2) is 24.3 Å². The van der Waals surface area contributed by atoms with E-state index in [2.05, 4.69) is 10.3 Å². The zero-order valence-corrected chi connectivity index (χ0v) is 17.9. The molecular formula is C22H27N3O3S. The Morgan fingerprint density at radius 1 is 1.21 bits per heavy atom. The van der Waals surface area contributed by atoms with Gasteiger partial charge in [-0.15, -0.1) is 11.3 Å². The molecule has 1 aromatic carbocycles. The van der Waals surface area contributed by atoms with Crippen molar-refractivity contribution in [3.05, 3.63) is 40.4 Å². The molecule has 2 fully saturated rings. The number of nitrogens with zero attached hydrogens (tertiary/aromatic N) is 2. The number of nitrogens with one attached hydrogen (secondary N) is 1. The smallest absolute Gasteiger partial charge is 0.258 e. The highest BCUT2D eigenvalue weighted by atomic mass is 32.1. The maximum Gasteiger partial charge on any atom is 0.258 e. The number of fused-ring (bicyclic) bond motifs is 1. The second kappa shape index (κ2) is 8.14. The molecule has 1 saturated carbocycles. The summed E-state index contributed by atoms with van der Waals surface area (Å²) in [4.78, 5) is 34.1. The van der Waals surface area contributed by atoms with Crippen LogP contribution in [0.1, 0.15) is 53.0 Å². The monoisotopic (exact) mass is 413 g/mol. The number of hydrogen-bond donors (Lipinski definition) is 1. The van der Waals surface area contributed by atoms with Gasteiger partial charge >= 0.3 is 0 Å². The summed E-state index contributed by atoms with van der Waals surface area (Å²) in [6.45, 7) is 3.92. The molecule has 6 nitrogen and oxygen atoms in total. The van der Waals surface area contributed by atoms with Crippen molar-refractivity contribution >= 4 is 28.3 Å². The van der Waals surface area contributed by atoms with Gasteiger partial charge < -0.3 is 15.0 Å². The lowest BCUT2D eigenvalue weighted by molar-refractivity contribution is -0.120. The molecule has 1 aliphatic carbocycles. The minimum atomic E-state index is -0.481. The molecular weight excluding hydrogens is 386 g/mol. The van der Waals surface area contributed by atoms with Crippen molar-refractivity contribution in [1.82, 2.24) is 9.88 Å². The molecule has 154 valence electrons. The zero-order valence-electron chi connectivity index (χ0n) is 17.1.